The predicted octanol–water partition coefficient (Wildman–Crippen LogP) is 3.86. The van der Waals surface area contributed by atoms with Crippen LogP contribution in [0.3, 0.4) is 0 Å². The Hall–Kier alpha value is -0.910. The number of nitrogen functional groups attached to an aromatic ring is 1. The topological polar surface area (TPSA) is 29.3 Å². The zero-order valence-corrected chi connectivity index (χ0v) is 12.4. The number of nitrogens with two attached hydrogens (primary N) is 1. The number of anilines is 1. The van der Waals surface area contributed by atoms with Crippen LogP contribution in [0.15, 0.2) is 34.1 Å². The molecule has 2 aromatic rings. The lowest BCUT2D eigenvalue weighted by Gasteiger charge is -2.16. The maximum Gasteiger partial charge on any atom is 0.129 e. The predicted molar refractivity (Wildman–Crippen MR) is 78.0 cm³/mol. The first kappa shape index (κ1) is 13.5. The molecule has 0 bridgehead atoms. The van der Waals surface area contributed by atoms with Gasteiger partial charge in [0.05, 0.1) is 0 Å². The first-order chi connectivity index (χ1) is 8.54. The molecule has 5 heteroatoms. The van der Waals surface area contributed by atoms with E-state index in [1.54, 1.807) is 23.5 Å². The molecule has 1 aromatic carbocycles. The largest absolute Gasteiger partial charge is 0.399 e. The highest BCUT2D eigenvalue weighted by atomic mass is 79.9. The van der Waals surface area contributed by atoms with Gasteiger partial charge in [0, 0.05) is 39.1 Å². The number of thiophene rings is 1. The molecular weight excluding hydrogens is 315 g/mol. The summed E-state index contributed by atoms with van der Waals surface area (Å²) in [4.78, 5) is 3.33. The molecule has 2 N–H and O–H groups in total. The van der Waals surface area contributed by atoms with Gasteiger partial charge in [-0.3, -0.25) is 4.90 Å². The summed E-state index contributed by atoms with van der Waals surface area (Å²) in [5.74, 6) is -0.241. The van der Waals surface area contributed by atoms with E-state index in [-0.39, 0.29) is 5.82 Å². The molecule has 0 aliphatic carbocycles. The highest BCUT2D eigenvalue weighted by Crippen LogP contribution is 2.22. The third kappa shape index (κ3) is 3.54. The van der Waals surface area contributed by atoms with Crippen molar-refractivity contribution in [2.24, 2.45) is 0 Å². The lowest BCUT2D eigenvalue weighted by Crippen LogP contribution is -2.17. The molecule has 0 radical (unpaired) electrons. The third-order valence-electron chi connectivity index (χ3n) is 2.56. The van der Waals surface area contributed by atoms with Crippen LogP contribution in [0.4, 0.5) is 10.1 Å². The standard InChI is InChI=1S/C13H14BrFN2S/c1-17(7-12-4-10(14)8-18-12)6-9-2-3-11(16)5-13(9)15/h2-5,8H,6-7,16H2,1H3. The van der Waals surface area contributed by atoms with Gasteiger partial charge in [-0.05, 0) is 41.2 Å². The Morgan fingerprint density at radius 2 is 2.11 bits per heavy atom. The maximum atomic E-state index is 13.6. The summed E-state index contributed by atoms with van der Waals surface area (Å²) < 4.78 is 14.7. The van der Waals surface area contributed by atoms with Crippen molar-refractivity contribution in [1.29, 1.82) is 0 Å². The number of halogens is 2. The zero-order valence-electron chi connectivity index (χ0n) is 9.99. The second-order valence-corrected chi connectivity index (χ2v) is 6.17. The molecule has 0 fully saturated rings. The second-order valence-electron chi connectivity index (χ2n) is 4.25. The quantitative estimate of drug-likeness (QED) is 0.863. The number of hydrogen-bond donors (Lipinski definition) is 1. The summed E-state index contributed by atoms with van der Waals surface area (Å²) >= 11 is 5.12. The Balaban J connectivity index is 2.00. The first-order valence-corrected chi connectivity index (χ1v) is 7.17. The van der Waals surface area contributed by atoms with Crippen molar-refractivity contribution < 1.29 is 4.39 Å². The van der Waals surface area contributed by atoms with Crippen LogP contribution >= 0.6 is 27.3 Å². The van der Waals surface area contributed by atoms with Gasteiger partial charge in [-0.25, -0.2) is 4.39 Å². The van der Waals surface area contributed by atoms with E-state index in [0.29, 0.717) is 17.8 Å². The summed E-state index contributed by atoms with van der Waals surface area (Å²) in [5.41, 5.74) is 6.66. The molecular formula is C13H14BrFN2S. The Bertz CT molecular complexity index is 542. The van der Waals surface area contributed by atoms with Crippen LogP contribution in [0.2, 0.25) is 0 Å². The normalized spacial score (nSPS) is 11.1. The Morgan fingerprint density at radius 3 is 2.72 bits per heavy atom. The third-order valence-corrected chi connectivity index (χ3v) is 4.25. The molecule has 0 unspecified atom stereocenters. The molecule has 1 aromatic heterocycles. The second kappa shape index (κ2) is 5.82. The summed E-state index contributed by atoms with van der Waals surface area (Å²) in [7, 11) is 1.98. The smallest absolute Gasteiger partial charge is 0.129 e. The van der Waals surface area contributed by atoms with Gasteiger partial charge in [0.1, 0.15) is 5.82 Å². The highest BCUT2D eigenvalue weighted by Gasteiger charge is 2.07. The minimum absolute atomic E-state index is 0.241. The van der Waals surface area contributed by atoms with Gasteiger partial charge >= 0.3 is 0 Å². The number of hydrogen-bond acceptors (Lipinski definition) is 3. The summed E-state index contributed by atoms with van der Waals surface area (Å²) in [5, 5.41) is 2.05. The van der Waals surface area contributed by atoms with Crippen LogP contribution in [0, 0.1) is 5.82 Å². The monoisotopic (exact) mass is 328 g/mol. The Labute approximate surface area is 118 Å². The number of benzene rings is 1. The van der Waals surface area contributed by atoms with Crippen molar-refractivity contribution in [3.8, 4) is 0 Å². The molecule has 0 amide bonds. The van der Waals surface area contributed by atoms with Gasteiger partial charge < -0.3 is 5.73 Å². The van der Waals surface area contributed by atoms with Crippen molar-refractivity contribution in [1.82, 2.24) is 4.90 Å². The summed E-state index contributed by atoms with van der Waals surface area (Å²) in [6.07, 6.45) is 0. The van der Waals surface area contributed by atoms with E-state index in [1.165, 1.54) is 10.9 Å². The van der Waals surface area contributed by atoms with Crippen molar-refractivity contribution >= 4 is 33.0 Å². The van der Waals surface area contributed by atoms with E-state index in [0.717, 1.165) is 11.0 Å². The fourth-order valence-corrected chi connectivity index (χ4v) is 3.27. The van der Waals surface area contributed by atoms with Crippen molar-refractivity contribution in [3.63, 3.8) is 0 Å². The van der Waals surface area contributed by atoms with Crippen LogP contribution < -0.4 is 5.73 Å². The first-order valence-electron chi connectivity index (χ1n) is 5.50. The van der Waals surface area contributed by atoms with Crippen LogP contribution in [0.5, 0.6) is 0 Å². The molecule has 0 saturated heterocycles. The van der Waals surface area contributed by atoms with Gasteiger partial charge in [-0.2, -0.15) is 0 Å². The van der Waals surface area contributed by atoms with E-state index in [4.69, 9.17) is 5.73 Å². The molecule has 0 atom stereocenters. The van der Waals surface area contributed by atoms with Crippen LogP contribution in [0.25, 0.3) is 0 Å². The molecule has 2 rings (SSSR count). The highest BCUT2D eigenvalue weighted by molar-refractivity contribution is 9.10. The fourth-order valence-electron chi connectivity index (χ4n) is 1.74. The molecule has 0 saturated carbocycles. The van der Waals surface area contributed by atoms with Crippen LogP contribution in [0.1, 0.15) is 10.4 Å². The Kier molecular flexibility index (Phi) is 4.37. The van der Waals surface area contributed by atoms with Gasteiger partial charge in [-0.15, -0.1) is 11.3 Å². The minimum atomic E-state index is -0.241. The zero-order chi connectivity index (χ0) is 13.1. The van der Waals surface area contributed by atoms with E-state index < -0.39 is 0 Å². The fraction of sp³-hybridized carbons (Fsp3) is 0.231. The van der Waals surface area contributed by atoms with Crippen molar-refractivity contribution in [2.45, 2.75) is 13.1 Å². The van der Waals surface area contributed by atoms with Gasteiger partial charge in [0.2, 0.25) is 0 Å². The molecule has 0 spiro atoms. The van der Waals surface area contributed by atoms with Gasteiger partial charge in [-0.1, -0.05) is 6.07 Å². The average Bonchev–Trinajstić information content (AvgIpc) is 2.68. The summed E-state index contributed by atoms with van der Waals surface area (Å²) in [6, 6.07) is 6.92. The molecule has 96 valence electrons. The van der Waals surface area contributed by atoms with Gasteiger partial charge in [0.25, 0.3) is 0 Å². The maximum absolute atomic E-state index is 13.6. The van der Waals surface area contributed by atoms with E-state index in [1.807, 2.05) is 12.4 Å². The van der Waals surface area contributed by atoms with Gasteiger partial charge in [0.15, 0.2) is 0 Å². The van der Waals surface area contributed by atoms with E-state index >= 15 is 0 Å². The van der Waals surface area contributed by atoms with Crippen molar-refractivity contribution in [2.75, 3.05) is 12.8 Å². The van der Waals surface area contributed by atoms with Crippen LogP contribution in [-0.4, -0.2) is 11.9 Å². The molecule has 1 heterocycles. The van der Waals surface area contributed by atoms with E-state index in [9.17, 15) is 4.39 Å². The summed E-state index contributed by atoms with van der Waals surface area (Å²) in [6.45, 7) is 1.38. The Morgan fingerprint density at radius 1 is 1.33 bits per heavy atom. The van der Waals surface area contributed by atoms with Crippen LogP contribution in [-0.2, 0) is 13.1 Å². The SMILES string of the molecule is CN(Cc1cc(Br)cs1)Cc1ccc(N)cc1F. The molecule has 0 aliphatic heterocycles. The van der Waals surface area contributed by atoms with E-state index in [2.05, 4.69) is 26.9 Å². The number of nitrogens with zero attached hydrogens (tertiary/aromatic N) is 1. The molecule has 0 aliphatic rings. The average molecular weight is 329 g/mol. The molecule has 2 nitrogen and oxygen atoms in total. The lowest BCUT2D eigenvalue weighted by molar-refractivity contribution is 0.316. The minimum Gasteiger partial charge on any atom is -0.399 e. The number of rotatable bonds is 4. The molecule has 18 heavy (non-hydrogen) atoms. The van der Waals surface area contributed by atoms with Crippen molar-refractivity contribution in [3.05, 3.63) is 50.4 Å². The lowest BCUT2D eigenvalue weighted by atomic mass is 10.2.